The van der Waals surface area contributed by atoms with E-state index in [-0.39, 0.29) is 9.56 Å². The minimum absolute atomic E-state index is 0.108. The highest BCUT2D eigenvalue weighted by Gasteiger charge is 2.36. The fraction of sp³-hybridized carbons (Fsp3) is 0.100. The number of nitrogen functional groups attached to an aromatic ring is 1. The van der Waals surface area contributed by atoms with Gasteiger partial charge in [0.05, 0.1) is 0 Å². The zero-order valence-corrected chi connectivity index (χ0v) is 11.1. The molecule has 0 atom stereocenters. The van der Waals surface area contributed by atoms with Crippen molar-refractivity contribution in [2.24, 2.45) is 0 Å². The first-order valence-electron chi connectivity index (χ1n) is 5.16. The van der Waals surface area contributed by atoms with E-state index in [0.717, 1.165) is 11.8 Å². The molecule has 2 aromatic heterocycles. The van der Waals surface area contributed by atoms with Crippen molar-refractivity contribution in [2.75, 3.05) is 5.73 Å². The van der Waals surface area contributed by atoms with Crippen molar-refractivity contribution in [1.82, 2.24) is 14.3 Å². The summed E-state index contributed by atoms with van der Waals surface area (Å²) in [5.41, 5.74) is 7.15. The second kappa shape index (κ2) is 4.63. The average Bonchev–Trinajstić information content (AvgIpc) is 2.94. The third-order valence-electron chi connectivity index (χ3n) is 2.23. The summed E-state index contributed by atoms with van der Waals surface area (Å²) in [6.07, 6.45) is -4.55. The Morgan fingerprint density at radius 3 is 2.75 bits per heavy atom. The van der Waals surface area contributed by atoms with Gasteiger partial charge in [-0.1, -0.05) is 0 Å². The molecule has 5 nitrogen and oxygen atoms in total. The Morgan fingerprint density at radius 1 is 1.25 bits per heavy atom. The molecule has 0 saturated heterocycles. The molecule has 0 fully saturated rings. The first kappa shape index (κ1) is 13.2. The van der Waals surface area contributed by atoms with E-state index in [0.29, 0.717) is 28.3 Å². The standard InChI is InChI=1S/C10H5F3N4OS2/c11-10(12,13)7-16-9(20-17-7)19-8-15-5-2-1-4(14)3-6(5)18-8/h1-3H,14H2. The van der Waals surface area contributed by atoms with Crippen LogP contribution >= 0.6 is 23.3 Å². The molecule has 3 rings (SSSR count). The maximum absolute atomic E-state index is 12.4. The topological polar surface area (TPSA) is 77.8 Å². The van der Waals surface area contributed by atoms with Crippen LogP contribution < -0.4 is 5.73 Å². The summed E-state index contributed by atoms with van der Waals surface area (Å²) in [6, 6.07) is 4.92. The van der Waals surface area contributed by atoms with Crippen LogP contribution in [0.1, 0.15) is 5.82 Å². The molecular weight excluding hydrogens is 313 g/mol. The molecule has 0 radical (unpaired) electrons. The molecule has 0 bridgehead atoms. The molecule has 2 heterocycles. The predicted octanol–water partition coefficient (Wildman–Crippen LogP) is 3.43. The molecule has 0 saturated carbocycles. The normalized spacial score (nSPS) is 12.2. The van der Waals surface area contributed by atoms with Crippen molar-refractivity contribution >= 4 is 40.1 Å². The molecule has 0 amide bonds. The lowest BCUT2D eigenvalue weighted by molar-refractivity contribution is -0.144. The summed E-state index contributed by atoms with van der Waals surface area (Å²) in [7, 11) is 0. The maximum Gasteiger partial charge on any atom is 0.452 e. The van der Waals surface area contributed by atoms with Crippen LogP contribution in [-0.4, -0.2) is 14.3 Å². The predicted molar refractivity (Wildman–Crippen MR) is 67.5 cm³/mol. The summed E-state index contributed by atoms with van der Waals surface area (Å²) < 4.78 is 45.8. The molecule has 104 valence electrons. The number of alkyl halides is 3. The van der Waals surface area contributed by atoms with Crippen LogP contribution in [0.2, 0.25) is 0 Å². The third-order valence-corrected chi connectivity index (χ3v) is 3.83. The summed E-state index contributed by atoms with van der Waals surface area (Å²) in [4.78, 5) is 7.50. The first-order chi connectivity index (χ1) is 9.41. The van der Waals surface area contributed by atoms with Gasteiger partial charge in [-0.2, -0.15) is 17.5 Å². The van der Waals surface area contributed by atoms with Crippen LogP contribution in [-0.2, 0) is 6.18 Å². The Bertz CT molecular complexity index is 767. The van der Waals surface area contributed by atoms with Crippen molar-refractivity contribution in [3.05, 3.63) is 24.0 Å². The van der Waals surface area contributed by atoms with Crippen LogP contribution in [0, 0.1) is 0 Å². The number of rotatable bonds is 2. The van der Waals surface area contributed by atoms with Gasteiger partial charge in [-0.05, 0) is 23.7 Å². The molecule has 10 heteroatoms. The molecule has 1 aromatic carbocycles. The second-order valence-corrected chi connectivity index (χ2v) is 5.64. The van der Waals surface area contributed by atoms with Gasteiger partial charge in [0, 0.05) is 23.5 Å². The lowest BCUT2D eigenvalue weighted by Gasteiger charge is -1.97. The SMILES string of the molecule is Nc1ccc2nc(Sc3nc(C(F)(F)F)ns3)oc2c1. The number of nitrogens with two attached hydrogens (primary N) is 1. The second-order valence-electron chi connectivity index (χ2n) is 3.69. The Balaban J connectivity index is 1.87. The fourth-order valence-corrected chi connectivity index (χ4v) is 2.87. The van der Waals surface area contributed by atoms with E-state index >= 15 is 0 Å². The van der Waals surface area contributed by atoms with Crippen LogP contribution in [0.5, 0.6) is 0 Å². The molecule has 3 aromatic rings. The molecule has 0 aliphatic rings. The van der Waals surface area contributed by atoms with Gasteiger partial charge in [-0.25, -0.2) is 9.97 Å². The highest BCUT2D eigenvalue weighted by Crippen LogP contribution is 2.34. The number of anilines is 1. The molecule has 0 aliphatic carbocycles. The number of fused-ring (bicyclic) bond motifs is 1. The Morgan fingerprint density at radius 2 is 2.05 bits per heavy atom. The number of halogens is 3. The minimum Gasteiger partial charge on any atom is -0.431 e. The summed E-state index contributed by atoms with van der Waals surface area (Å²) in [5.74, 6) is -1.16. The van der Waals surface area contributed by atoms with E-state index in [9.17, 15) is 13.2 Å². The number of hydrogen-bond donors (Lipinski definition) is 1. The summed E-state index contributed by atoms with van der Waals surface area (Å²) >= 11 is 1.52. The monoisotopic (exact) mass is 318 g/mol. The molecular formula is C10H5F3N4OS2. The smallest absolute Gasteiger partial charge is 0.431 e. The van der Waals surface area contributed by atoms with E-state index in [4.69, 9.17) is 10.2 Å². The molecule has 0 spiro atoms. The lowest BCUT2D eigenvalue weighted by atomic mass is 10.3. The van der Waals surface area contributed by atoms with Gasteiger partial charge in [0.15, 0.2) is 9.92 Å². The Labute approximate surface area is 118 Å². The minimum atomic E-state index is -4.55. The van der Waals surface area contributed by atoms with Gasteiger partial charge in [0.25, 0.3) is 5.22 Å². The number of benzene rings is 1. The van der Waals surface area contributed by atoms with Gasteiger partial charge in [-0.3, -0.25) is 0 Å². The van der Waals surface area contributed by atoms with E-state index in [1.165, 1.54) is 0 Å². The Kier molecular flexibility index (Phi) is 3.05. The number of hydrogen-bond acceptors (Lipinski definition) is 7. The first-order valence-corrected chi connectivity index (χ1v) is 6.75. The quantitative estimate of drug-likeness (QED) is 0.729. The van der Waals surface area contributed by atoms with Gasteiger partial charge in [0.2, 0.25) is 5.82 Å². The zero-order chi connectivity index (χ0) is 14.3. The molecule has 20 heavy (non-hydrogen) atoms. The third kappa shape index (κ3) is 2.56. The van der Waals surface area contributed by atoms with Gasteiger partial charge < -0.3 is 10.2 Å². The zero-order valence-electron chi connectivity index (χ0n) is 9.51. The van der Waals surface area contributed by atoms with Crippen molar-refractivity contribution < 1.29 is 17.6 Å². The lowest BCUT2D eigenvalue weighted by Crippen LogP contribution is -2.06. The Hall–Kier alpha value is -1.81. The van der Waals surface area contributed by atoms with Crippen molar-refractivity contribution in [3.8, 4) is 0 Å². The van der Waals surface area contributed by atoms with E-state index in [2.05, 4.69) is 14.3 Å². The molecule has 2 N–H and O–H groups in total. The van der Waals surface area contributed by atoms with E-state index in [1.807, 2.05) is 0 Å². The number of nitrogens with zero attached hydrogens (tertiary/aromatic N) is 3. The molecule has 0 aliphatic heterocycles. The van der Waals surface area contributed by atoms with Crippen LogP contribution in [0.3, 0.4) is 0 Å². The fourth-order valence-electron chi connectivity index (χ4n) is 1.40. The van der Waals surface area contributed by atoms with Crippen molar-refractivity contribution in [1.29, 1.82) is 0 Å². The summed E-state index contributed by atoms with van der Waals surface area (Å²) in [5, 5.41) is 0.190. The summed E-state index contributed by atoms with van der Waals surface area (Å²) in [6.45, 7) is 0. The van der Waals surface area contributed by atoms with Crippen molar-refractivity contribution in [3.63, 3.8) is 0 Å². The highest BCUT2D eigenvalue weighted by atomic mass is 32.2. The van der Waals surface area contributed by atoms with Gasteiger partial charge in [-0.15, -0.1) is 0 Å². The van der Waals surface area contributed by atoms with Crippen LogP contribution in [0.4, 0.5) is 18.9 Å². The number of aromatic nitrogens is 3. The van der Waals surface area contributed by atoms with Crippen molar-refractivity contribution in [2.45, 2.75) is 15.7 Å². The van der Waals surface area contributed by atoms with Crippen LogP contribution in [0.15, 0.2) is 32.2 Å². The number of oxazole rings is 1. The van der Waals surface area contributed by atoms with E-state index in [1.54, 1.807) is 18.2 Å². The largest absolute Gasteiger partial charge is 0.452 e. The van der Waals surface area contributed by atoms with Gasteiger partial charge in [0.1, 0.15) is 5.52 Å². The average molecular weight is 318 g/mol. The molecule has 0 unspecified atom stereocenters. The van der Waals surface area contributed by atoms with Crippen LogP contribution in [0.25, 0.3) is 11.1 Å². The van der Waals surface area contributed by atoms with E-state index < -0.39 is 12.0 Å². The maximum atomic E-state index is 12.4. The van der Waals surface area contributed by atoms with Gasteiger partial charge >= 0.3 is 6.18 Å². The highest BCUT2D eigenvalue weighted by molar-refractivity contribution is 8.00.